The van der Waals surface area contributed by atoms with E-state index in [-0.39, 0.29) is 29.2 Å². The topological polar surface area (TPSA) is 77.1 Å². The van der Waals surface area contributed by atoms with Gasteiger partial charge in [-0.15, -0.1) is 8.78 Å². The van der Waals surface area contributed by atoms with Gasteiger partial charge in [0, 0.05) is 35.8 Å². The van der Waals surface area contributed by atoms with Crippen LogP contribution in [-0.4, -0.2) is 43.2 Å². The van der Waals surface area contributed by atoms with Crippen molar-refractivity contribution < 1.29 is 32.6 Å². The zero-order valence-corrected chi connectivity index (χ0v) is 17.2. The summed E-state index contributed by atoms with van der Waals surface area (Å²) in [6, 6.07) is 8.90. The molecule has 2 aliphatic rings. The number of anilines is 1. The molecule has 164 valence electrons. The Morgan fingerprint density at radius 2 is 1.84 bits per heavy atom. The fraction of sp³-hybridized carbons (Fsp3) is 0.333. The van der Waals surface area contributed by atoms with Crippen LogP contribution in [0.5, 0.6) is 17.2 Å². The lowest BCUT2D eigenvalue weighted by Crippen LogP contribution is -2.41. The number of alkyl halides is 2. The number of benzene rings is 2. The molecular weight excluding hydrogens is 434 g/mol. The second-order valence-electron chi connectivity index (χ2n) is 7.23. The minimum absolute atomic E-state index is 0.0914. The molecular formula is C21H19ClF2N2O5. The summed E-state index contributed by atoms with van der Waals surface area (Å²) in [7, 11) is 1.48. The third kappa shape index (κ3) is 4.51. The average Bonchev–Trinajstić information content (AvgIpc) is 3.06. The first-order valence-corrected chi connectivity index (χ1v) is 9.97. The molecule has 0 bridgehead atoms. The van der Waals surface area contributed by atoms with E-state index in [0.717, 1.165) is 0 Å². The van der Waals surface area contributed by atoms with Gasteiger partial charge in [0.05, 0.1) is 12.7 Å². The number of carbonyl (C=O) groups excluding carboxylic acids is 2. The molecule has 0 aromatic heterocycles. The lowest BCUT2D eigenvalue weighted by atomic mass is 9.95. The number of hydrogen-bond donors (Lipinski definition) is 1. The fourth-order valence-electron chi connectivity index (χ4n) is 3.63. The highest BCUT2D eigenvalue weighted by molar-refractivity contribution is 6.31. The van der Waals surface area contributed by atoms with E-state index < -0.39 is 6.29 Å². The van der Waals surface area contributed by atoms with Crippen LogP contribution in [-0.2, 0) is 4.79 Å². The second kappa shape index (κ2) is 8.22. The number of methoxy groups -OCH3 is 1. The summed E-state index contributed by atoms with van der Waals surface area (Å²) in [5.74, 6) is -0.585. The van der Waals surface area contributed by atoms with Crippen molar-refractivity contribution in [1.82, 2.24) is 4.90 Å². The quantitative estimate of drug-likeness (QED) is 0.753. The van der Waals surface area contributed by atoms with Gasteiger partial charge < -0.3 is 24.4 Å². The van der Waals surface area contributed by atoms with Gasteiger partial charge in [-0.3, -0.25) is 9.59 Å². The number of halogens is 3. The van der Waals surface area contributed by atoms with E-state index >= 15 is 0 Å². The van der Waals surface area contributed by atoms with Crippen LogP contribution in [0.1, 0.15) is 23.2 Å². The Bertz CT molecular complexity index is 1020. The van der Waals surface area contributed by atoms with Crippen molar-refractivity contribution >= 4 is 29.1 Å². The maximum Gasteiger partial charge on any atom is 0.586 e. The van der Waals surface area contributed by atoms with Crippen molar-refractivity contribution in [1.29, 1.82) is 0 Å². The molecule has 2 amide bonds. The lowest BCUT2D eigenvalue weighted by Gasteiger charge is -2.31. The van der Waals surface area contributed by atoms with Gasteiger partial charge in [0.1, 0.15) is 5.75 Å². The van der Waals surface area contributed by atoms with Gasteiger partial charge in [0.15, 0.2) is 11.5 Å². The van der Waals surface area contributed by atoms with Crippen molar-refractivity contribution in [3.8, 4) is 17.2 Å². The zero-order chi connectivity index (χ0) is 22.2. The number of rotatable bonds is 4. The van der Waals surface area contributed by atoms with E-state index in [4.69, 9.17) is 16.3 Å². The average molecular weight is 453 g/mol. The van der Waals surface area contributed by atoms with Crippen molar-refractivity contribution in [2.75, 3.05) is 25.5 Å². The first kappa shape index (κ1) is 21.2. The highest BCUT2D eigenvalue weighted by Crippen LogP contribution is 2.42. The van der Waals surface area contributed by atoms with Crippen LogP contribution >= 0.6 is 11.6 Å². The van der Waals surface area contributed by atoms with Gasteiger partial charge in [-0.1, -0.05) is 11.6 Å². The first-order chi connectivity index (χ1) is 14.8. The Hall–Kier alpha value is -3.07. The number of piperidine rings is 1. The van der Waals surface area contributed by atoms with Gasteiger partial charge in [-0.05, 0) is 43.2 Å². The standard InChI is InChI=1S/C21H19ClF2N2O5/c1-29-16-4-2-13(22)10-15(16)20(28)26-8-6-12(7-9-26)19(27)25-14-3-5-17-18(11-14)31-21(23,24)30-17/h2-5,10-12H,6-9H2,1H3,(H,25,27). The number of fused-ring (bicyclic) bond motifs is 1. The molecule has 0 radical (unpaired) electrons. The number of nitrogens with one attached hydrogen (secondary N) is 1. The maximum absolute atomic E-state index is 13.1. The first-order valence-electron chi connectivity index (χ1n) is 9.59. The van der Waals surface area contributed by atoms with Crippen LogP contribution < -0.4 is 19.5 Å². The Kier molecular flexibility index (Phi) is 5.62. The maximum atomic E-state index is 13.1. The largest absolute Gasteiger partial charge is 0.586 e. The Morgan fingerprint density at radius 3 is 2.55 bits per heavy atom. The normalized spacial score (nSPS) is 17.4. The summed E-state index contributed by atoms with van der Waals surface area (Å²) in [6.45, 7) is 0.778. The number of hydrogen-bond acceptors (Lipinski definition) is 5. The third-order valence-corrected chi connectivity index (χ3v) is 5.45. The Morgan fingerprint density at radius 1 is 1.13 bits per heavy atom. The van der Waals surface area contributed by atoms with Gasteiger partial charge >= 0.3 is 6.29 Å². The predicted octanol–water partition coefficient (Wildman–Crippen LogP) is 4.16. The minimum atomic E-state index is -3.71. The number of amides is 2. The van der Waals surface area contributed by atoms with Crippen LogP contribution in [0.4, 0.5) is 14.5 Å². The molecule has 31 heavy (non-hydrogen) atoms. The molecule has 7 nitrogen and oxygen atoms in total. The lowest BCUT2D eigenvalue weighted by molar-refractivity contribution is -0.286. The van der Waals surface area contributed by atoms with Crippen LogP contribution in [0, 0.1) is 5.92 Å². The highest BCUT2D eigenvalue weighted by atomic mass is 35.5. The molecule has 0 aliphatic carbocycles. The van der Waals surface area contributed by atoms with E-state index in [9.17, 15) is 18.4 Å². The molecule has 0 spiro atoms. The summed E-state index contributed by atoms with van der Waals surface area (Å²) < 4.78 is 40.3. The molecule has 1 fully saturated rings. The molecule has 2 aromatic rings. The highest BCUT2D eigenvalue weighted by Gasteiger charge is 2.43. The van der Waals surface area contributed by atoms with E-state index in [1.165, 1.54) is 25.3 Å². The SMILES string of the molecule is COc1ccc(Cl)cc1C(=O)N1CCC(C(=O)Nc2ccc3c(c2)OC(F)(F)O3)CC1. The smallest absolute Gasteiger partial charge is 0.496 e. The number of carbonyl (C=O) groups is 2. The fourth-order valence-corrected chi connectivity index (χ4v) is 3.81. The Balaban J connectivity index is 1.36. The number of ether oxygens (including phenoxy) is 3. The molecule has 0 unspecified atom stereocenters. The summed E-state index contributed by atoms with van der Waals surface area (Å²) >= 11 is 6.01. The zero-order valence-electron chi connectivity index (χ0n) is 16.5. The van der Waals surface area contributed by atoms with Crippen LogP contribution in [0.25, 0.3) is 0 Å². The van der Waals surface area contributed by atoms with Crippen LogP contribution in [0.2, 0.25) is 5.02 Å². The minimum Gasteiger partial charge on any atom is -0.496 e. The van der Waals surface area contributed by atoms with Crippen LogP contribution in [0.3, 0.4) is 0 Å². The summed E-state index contributed by atoms with van der Waals surface area (Å²) in [4.78, 5) is 27.1. The van der Waals surface area contributed by atoms with Crippen molar-refractivity contribution in [2.24, 2.45) is 5.92 Å². The number of nitrogens with zero attached hydrogens (tertiary/aromatic N) is 1. The molecule has 2 aliphatic heterocycles. The summed E-state index contributed by atoms with van der Waals surface area (Å²) in [6.07, 6.45) is -2.79. The molecule has 4 rings (SSSR count). The molecule has 0 saturated carbocycles. The molecule has 2 aromatic carbocycles. The van der Waals surface area contributed by atoms with E-state index in [0.29, 0.717) is 48.0 Å². The number of likely N-dealkylation sites (tertiary alicyclic amines) is 1. The van der Waals surface area contributed by atoms with E-state index in [1.807, 2.05) is 0 Å². The molecule has 0 atom stereocenters. The second-order valence-corrected chi connectivity index (χ2v) is 7.67. The predicted molar refractivity (Wildman–Crippen MR) is 108 cm³/mol. The third-order valence-electron chi connectivity index (χ3n) is 5.21. The van der Waals surface area contributed by atoms with E-state index in [2.05, 4.69) is 14.8 Å². The van der Waals surface area contributed by atoms with Gasteiger partial charge in [-0.2, -0.15) is 0 Å². The summed E-state index contributed by atoms with van der Waals surface area (Å²) in [5.41, 5.74) is 0.697. The Labute approximate surface area is 181 Å². The van der Waals surface area contributed by atoms with E-state index in [1.54, 1.807) is 23.1 Å². The molecule has 10 heteroatoms. The van der Waals surface area contributed by atoms with Gasteiger partial charge in [0.2, 0.25) is 5.91 Å². The van der Waals surface area contributed by atoms with Crippen molar-refractivity contribution in [2.45, 2.75) is 19.1 Å². The molecule has 1 N–H and O–H groups in total. The van der Waals surface area contributed by atoms with Crippen molar-refractivity contribution in [3.63, 3.8) is 0 Å². The van der Waals surface area contributed by atoms with Crippen LogP contribution in [0.15, 0.2) is 36.4 Å². The summed E-state index contributed by atoms with van der Waals surface area (Å²) in [5, 5.41) is 3.14. The molecule has 2 heterocycles. The monoisotopic (exact) mass is 452 g/mol. The van der Waals surface area contributed by atoms with Crippen molar-refractivity contribution in [3.05, 3.63) is 47.0 Å². The van der Waals surface area contributed by atoms with Gasteiger partial charge in [0.25, 0.3) is 5.91 Å². The molecule has 1 saturated heterocycles. The van der Waals surface area contributed by atoms with Gasteiger partial charge in [-0.25, -0.2) is 0 Å².